The number of halogens is 2. The number of benzene rings is 2. The molecule has 0 atom stereocenters. The van der Waals surface area contributed by atoms with Gasteiger partial charge in [0.1, 0.15) is 5.82 Å². The van der Waals surface area contributed by atoms with Gasteiger partial charge in [0.25, 0.3) is 0 Å². The molecule has 0 aliphatic carbocycles. The maximum Gasteiger partial charge on any atom is 0.337 e. The number of carbonyl (C=O) groups is 1. The number of hydrogen-bond acceptors (Lipinski definition) is 2. The van der Waals surface area contributed by atoms with Crippen LogP contribution in [0.15, 0.2) is 46.9 Å². The van der Waals surface area contributed by atoms with Crippen molar-refractivity contribution in [1.29, 1.82) is 0 Å². The highest BCUT2D eigenvalue weighted by atomic mass is 79.9. The van der Waals surface area contributed by atoms with Gasteiger partial charge >= 0.3 is 5.97 Å². The van der Waals surface area contributed by atoms with Crippen LogP contribution in [-0.2, 0) is 6.54 Å². The molecule has 2 rings (SSSR count). The van der Waals surface area contributed by atoms with Crippen molar-refractivity contribution in [2.75, 3.05) is 5.32 Å². The minimum absolute atomic E-state index is 0.199. The van der Waals surface area contributed by atoms with Crippen molar-refractivity contribution < 1.29 is 14.3 Å². The van der Waals surface area contributed by atoms with Crippen molar-refractivity contribution >= 4 is 27.6 Å². The number of anilines is 1. The lowest BCUT2D eigenvalue weighted by atomic mass is 10.1. The Hall–Kier alpha value is -1.88. The first kappa shape index (κ1) is 13.5. The largest absolute Gasteiger partial charge is 0.478 e. The van der Waals surface area contributed by atoms with E-state index < -0.39 is 5.97 Å². The second kappa shape index (κ2) is 5.84. The van der Waals surface area contributed by atoms with Gasteiger partial charge in [0.05, 0.1) is 11.3 Å². The SMILES string of the molecule is O=C(O)c1ccc(Br)cc1NCc1ccc(F)cc1. The number of hydrogen-bond donors (Lipinski definition) is 2. The van der Waals surface area contributed by atoms with Gasteiger partial charge < -0.3 is 10.4 Å². The van der Waals surface area contributed by atoms with Crippen molar-refractivity contribution in [1.82, 2.24) is 0 Å². The lowest BCUT2D eigenvalue weighted by Gasteiger charge is -2.10. The quantitative estimate of drug-likeness (QED) is 0.897. The lowest BCUT2D eigenvalue weighted by Crippen LogP contribution is -2.06. The highest BCUT2D eigenvalue weighted by Crippen LogP contribution is 2.22. The number of rotatable bonds is 4. The Balaban J connectivity index is 2.16. The minimum atomic E-state index is -0.992. The van der Waals surface area contributed by atoms with Crippen LogP contribution in [0.25, 0.3) is 0 Å². The van der Waals surface area contributed by atoms with E-state index in [2.05, 4.69) is 21.2 Å². The average molecular weight is 324 g/mol. The third-order valence-corrected chi connectivity index (χ3v) is 3.10. The Morgan fingerprint density at radius 3 is 2.53 bits per heavy atom. The van der Waals surface area contributed by atoms with Gasteiger partial charge in [-0.05, 0) is 35.9 Å². The Morgan fingerprint density at radius 1 is 1.21 bits per heavy atom. The smallest absolute Gasteiger partial charge is 0.337 e. The second-order valence-corrected chi connectivity index (χ2v) is 4.89. The van der Waals surface area contributed by atoms with Gasteiger partial charge in [-0.1, -0.05) is 28.1 Å². The molecule has 0 aliphatic heterocycles. The molecule has 2 aromatic carbocycles. The van der Waals surface area contributed by atoms with E-state index in [-0.39, 0.29) is 11.4 Å². The molecule has 0 saturated heterocycles. The molecule has 0 aliphatic rings. The summed E-state index contributed by atoms with van der Waals surface area (Å²) in [5.74, 6) is -1.29. The summed E-state index contributed by atoms with van der Waals surface area (Å²) in [5.41, 5.74) is 1.59. The summed E-state index contributed by atoms with van der Waals surface area (Å²) >= 11 is 3.30. The topological polar surface area (TPSA) is 49.3 Å². The highest BCUT2D eigenvalue weighted by Gasteiger charge is 2.09. The first-order valence-corrected chi connectivity index (χ1v) is 6.37. The number of carboxylic acid groups (broad SMARTS) is 1. The fourth-order valence-corrected chi connectivity index (χ4v) is 2.01. The van der Waals surface area contributed by atoms with Crippen LogP contribution in [0.4, 0.5) is 10.1 Å². The van der Waals surface area contributed by atoms with Gasteiger partial charge in [0.2, 0.25) is 0 Å². The van der Waals surface area contributed by atoms with Crippen LogP contribution >= 0.6 is 15.9 Å². The lowest BCUT2D eigenvalue weighted by molar-refractivity contribution is 0.0698. The molecule has 0 saturated carbocycles. The van der Waals surface area contributed by atoms with Crippen LogP contribution in [0, 0.1) is 5.82 Å². The average Bonchev–Trinajstić information content (AvgIpc) is 2.38. The van der Waals surface area contributed by atoms with Crippen molar-refractivity contribution in [3.8, 4) is 0 Å². The Labute approximate surface area is 118 Å². The molecule has 98 valence electrons. The molecule has 0 aromatic heterocycles. The highest BCUT2D eigenvalue weighted by molar-refractivity contribution is 9.10. The summed E-state index contributed by atoms with van der Waals surface area (Å²) in [6, 6.07) is 11.0. The zero-order valence-electron chi connectivity index (χ0n) is 9.86. The molecular weight excluding hydrogens is 313 g/mol. The molecule has 0 amide bonds. The Kier molecular flexibility index (Phi) is 4.16. The van der Waals surface area contributed by atoms with Gasteiger partial charge in [-0.15, -0.1) is 0 Å². The monoisotopic (exact) mass is 323 g/mol. The van der Waals surface area contributed by atoms with E-state index in [1.54, 1.807) is 24.3 Å². The van der Waals surface area contributed by atoms with E-state index in [9.17, 15) is 9.18 Å². The number of aromatic carboxylic acids is 1. The van der Waals surface area contributed by atoms with Gasteiger partial charge in [-0.2, -0.15) is 0 Å². The van der Waals surface area contributed by atoms with Crippen molar-refractivity contribution in [2.24, 2.45) is 0 Å². The molecule has 0 unspecified atom stereocenters. The van der Waals surface area contributed by atoms with Crippen LogP contribution in [0.2, 0.25) is 0 Å². The predicted molar refractivity (Wildman–Crippen MR) is 74.8 cm³/mol. The summed E-state index contributed by atoms with van der Waals surface area (Å²) in [6.45, 7) is 0.428. The van der Waals surface area contributed by atoms with E-state index in [1.807, 2.05) is 0 Å². The molecule has 0 bridgehead atoms. The van der Waals surface area contributed by atoms with Gasteiger partial charge in [-0.25, -0.2) is 9.18 Å². The van der Waals surface area contributed by atoms with Gasteiger partial charge in [0, 0.05) is 11.0 Å². The van der Waals surface area contributed by atoms with E-state index in [4.69, 9.17) is 5.11 Å². The van der Waals surface area contributed by atoms with E-state index in [0.717, 1.165) is 10.0 Å². The fourth-order valence-electron chi connectivity index (χ4n) is 1.65. The molecule has 0 spiro atoms. The molecular formula is C14H11BrFNO2. The third-order valence-electron chi connectivity index (χ3n) is 2.61. The minimum Gasteiger partial charge on any atom is -0.478 e. The molecule has 3 nitrogen and oxygen atoms in total. The van der Waals surface area contributed by atoms with Crippen LogP contribution in [-0.4, -0.2) is 11.1 Å². The maximum atomic E-state index is 12.8. The summed E-state index contributed by atoms with van der Waals surface area (Å²) in [6.07, 6.45) is 0. The predicted octanol–water partition coefficient (Wildman–Crippen LogP) is 3.90. The summed E-state index contributed by atoms with van der Waals surface area (Å²) in [4.78, 5) is 11.1. The Morgan fingerprint density at radius 2 is 1.89 bits per heavy atom. The molecule has 2 N–H and O–H groups in total. The number of nitrogens with one attached hydrogen (secondary N) is 1. The van der Waals surface area contributed by atoms with Crippen molar-refractivity contribution in [3.05, 3.63) is 63.9 Å². The zero-order chi connectivity index (χ0) is 13.8. The summed E-state index contributed by atoms with van der Waals surface area (Å²) in [7, 11) is 0. The van der Waals surface area contributed by atoms with E-state index in [1.165, 1.54) is 18.2 Å². The molecule has 2 aromatic rings. The molecule has 19 heavy (non-hydrogen) atoms. The number of carboxylic acids is 1. The maximum absolute atomic E-state index is 12.8. The zero-order valence-corrected chi connectivity index (χ0v) is 11.4. The van der Waals surface area contributed by atoms with E-state index in [0.29, 0.717) is 12.2 Å². The molecule has 0 heterocycles. The van der Waals surface area contributed by atoms with Crippen LogP contribution in [0.1, 0.15) is 15.9 Å². The summed E-state index contributed by atoms with van der Waals surface area (Å²) < 4.78 is 13.6. The normalized spacial score (nSPS) is 10.2. The summed E-state index contributed by atoms with van der Waals surface area (Å²) in [5, 5.41) is 12.1. The van der Waals surface area contributed by atoms with Crippen LogP contribution < -0.4 is 5.32 Å². The third kappa shape index (κ3) is 3.54. The van der Waals surface area contributed by atoms with Gasteiger partial charge in [-0.3, -0.25) is 0 Å². The van der Waals surface area contributed by atoms with Crippen molar-refractivity contribution in [3.63, 3.8) is 0 Å². The second-order valence-electron chi connectivity index (χ2n) is 3.98. The first-order chi connectivity index (χ1) is 9.06. The fraction of sp³-hybridized carbons (Fsp3) is 0.0714. The van der Waals surface area contributed by atoms with E-state index >= 15 is 0 Å². The molecule has 0 radical (unpaired) electrons. The molecule has 0 fully saturated rings. The van der Waals surface area contributed by atoms with Crippen molar-refractivity contribution in [2.45, 2.75) is 6.54 Å². The molecule has 5 heteroatoms. The van der Waals surface area contributed by atoms with Crippen LogP contribution in [0.5, 0.6) is 0 Å². The standard InChI is InChI=1S/C14H11BrFNO2/c15-10-3-6-12(14(18)19)13(7-10)17-8-9-1-4-11(16)5-2-9/h1-7,17H,8H2,(H,18,19). The van der Waals surface area contributed by atoms with Gasteiger partial charge in [0.15, 0.2) is 0 Å². The first-order valence-electron chi connectivity index (χ1n) is 5.57. The van der Waals surface area contributed by atoms with Crippen LogP contribution in [0.3, 0.4) is 0 Å². The Bertz CT molecular complexity index is 599.